The van der Waals surface area contributed by atoms with Gasteiger partial charge in [0, 0.05) is 0 Å². The highest BCUT2D eigenvalue weighted by Crippen LogP contribution is 2.54. The zero-order chi connectivity index (χ0) is 30.0. The molecule has 0 aliphatic heterocycles. The van der Waals surface area contributed by atoms with Crippen LogP contribution in [0.15, 0.2) is 72.8 Å². The second-order valence-corrected chi connectivity index (χ2v) is 11.1. The van der Waals surface area contributed by atoms with E-state index in [2.05, 4.69) is 0 Å². The van der Waals surface area contributed by atoms with Gasteiger partial charge in [0.1, 0.15) is 17.5 Å². The van der Waals surface area contributed by atoms with Crippen LogP contribution in [-0.4, -0.2) is 36.2 Å². The summed E-state index contributed by atoms with van der Waals surface area (Å²) in [6.07, 6.45) is -7.13. The fourth-order valence-corrected chi connectivity index (χ4v) is 5.43. The normalized spacial score (nSPS) is 13.2. The summed E-state index contributed by atoms with van der Waals surface area (Å²) in [6.45, 7) is 0. The summed E-state index contributed by atoms with van der Waals surface area (Å²) in [4.78, 5) is 0. The van der Waals surface area contributed by atoms with E-state index in [1.807, 2.05) is 0 Å². The maximum Gasteiger partial charge on any atom is 0.460 e. The summed E-state index contributed by atoms with van der Waals surface area (Å²) in [7, 11) is -8.15. The Kier molecular flexibility index (Phi) is 9.41. The third kappa shape index (κ3) is 6.84. The molecule has 0 amide bonds. The summed E-state index contributed by atoms with van der Waals surface area (Å²) in [5.41, 5.74) is 0. The molecule has 214 valence electrons. The van der Waals surface area contributed by atoms with E-state index in [9.17, 15) is 61.1 Å². The topological polar surface area (TPSA) is 54.4 Å². The lowest BCUT2D eigenvalue weighted by atomic mass is 10.1. The SMILES string of the molecule is Fc1ccc(P(c2ccc(F)cc2)c2ccc(F)cc2)cc1.O=S(=O)(O)C(F)(F)C(F)(F)C(F)(F)C(F)(F)F. The largest absolute Gasteiger partial charge is 0.460 e. The predicted octanol–water partition coefficient (Wildman–Crippen LogP) is 6.16. The van der Waals surface area contributed by atoms with Crippen LogP contribution in [0.1, 0.15) is 0 Å². The monoisotopic (exact) mass is 616 g/mol. The molecule has 39 heavy (non-hydrogen) atoms. The van der Waals surface area contributed by atoms with E-state index >= 15 is 0 Å². The van der Waals surface area contributed by atoms with Crippen molar-refractivity contribution >= 4 is 34.0 Å². The van der Waals surface area contributed by atoms with Gasteiger partial charge >= 0.3 is 33.4 Å². The molecule has 0 bridgehead atoms. The van der Waals surface area contributed by atoms with Crippen LogP contribution in [0.5, 0.6) is 0 Å². The number of hydrogen-bond donors (Lipinski definition) is 1. The van der Waals surface area contributed by atoms with Crippen LogP contribution in [0.2, 0.25) is 0 Å². The van der Waals surface area contributed by atoms with E-state index < -0.39 is 41.3 Å². The zero-order valence-electron chi connectivity index (χ0n) is 18.6. The number of hydrogen-bond acceptors (Lipinski definition) is 2. The number of rotatable bonds is 6. The predicted molar refractivity (Wildman–Crippen MR) is 117 cm³/mol. The van der Waals surface area contributed by atoms with Gasteiger partial charge in [-0.05, 0) is 60.2 Å². The third-order valence-corrected chi connectivity index (χ3v) is 8.04. The molecule has 0 aromatic heterocycles. The average molecular weight is 616 g/mol. The molecule has 1 N–H and O–H groups in total. The summed E-state index contributed by atoms with van der Waals surface area (Å²) < 4.78 is 173. The summed E-state index contributed by atoms with van der Waals surface area (Å²) in [6, 6.07) is 18.7. The van der Waals surface area contributed by atoms with Crippen LogP contribution >= 0.6 is 7.92 Å². The summed E-state index contributed by atoms with van der Waals surface area (Å²) >= 11 is 0. The smallest absolute Gasteiger partial charge is 0.281 e. The minimum Gasteiger partial charge on any atom is -0.281 e. The van der Waals surface area contributed by atoms with E-state index in [-0.39, 0.29) is 17.5 Å². The average Bonchev–Trinajstić information content (AvgIpc) is 2.81. The highest BCUT2D eigenvalue weighted by Gasteiger charge is 2.85. The maximum absolute atomic E-state index is 13.2. The van der Waals surface area contributed by atoms with Crippen molar-refractivity contribution in [2.24, 2.45) is 0 Å². The quantitative estimate of drug-likeness (QED) is 0.205. The molecule has 0 aliphatic rings. The minimum absolute atomic E-state index is 0.308. The van der Waals surface area contributed by atoms with E-state index in [1.54, 1.807) is 36.4 Å². The first-order valence-corrected chi connectivity index (χ1v) is 12.7. The number of halogens is 12. The van der Waals surface area contributed by atoms with Crippen molar-refractivity contribution in [1.82, 2.24) is 0 Å². The lowest BCUT2D eigenvalue weighted by molar-refractivity contribution is -0.382. The molecule has 0 heterocycles. The lowest BCUT2D eigenvalue weighted by Gasteiger charge is -2.31. The second-order valence-electron chi connectivity index (χ2n) is 7.40. The molecule has 0 saturated heterocycles. The van der Waals surface area contributed by atoms with Gasteiger partial charge in [-0.3, -0.25) is 4.55 Å². The molecular formula is C22H13F12O3PS. The van der Waals surface area contributed by atoms with Gasteiger partial charge in [-0.15, -0.1) is 0 Å². The Morgan fingerprint density at radius 3 is 0.974 bits per heavy atom. The first kappa shape index (κ1) is 32.4. The number of alkyl halides is 9. The van der Waals surface area contributed by atoms with Gasteiger partial charge in [-0.25, -0.2) is 13.2 Å². The fraction of sp³-hybridized carbons (Fsp3) is 0.182. The highest BCUT2D eigenvalue weighted by molar-refractivity contribution is 7.87. The first-order valence-electron chi connectivity index (χ1n) is 9.87. The maximum atomic E-state index is 13.2. The van der Waals surface area contributed by atoms with E-state index in [0.29, 0.717) is 0 Å². The molecule has 0 unspecified atom stereocenters. The van der Waals surface area contributed by atoms with Gasteiger partial charge in [0.05, 0.1) is 0 Å². The highest BCUT2D eigenvalue weighted by atomic mass is 32.2. The molecule has 3 aromatic carbocycles. The van der Waals surface area contributed by atoms with Crippen LogP contribution in [-0.2, 0) is 10.1 Å². The molecular weight excluding hydrogens is 603 g/mol. The Bertz CT molecular complexity index is 1250. The van der Waals surface area contributed by atoms with Gasteiger partial charge in [0.25, 0.3) is 0 Å². The van der Waals surface area contributed by atoms with Crippen molar-refractivity contribution < 1.29 is 65.7 Å². The van der Waals surface area contributed by atoms with Gasteiger partial charge in [0.2, 0.25) is 0 Å². The second kappa shape index (κ2) is 11.3. The van der Waals surface area contributed by atoms with Crippen LogP contribution in [0, 0.1) is 17.5 Å². The van der Waals surface area contributed by atoms with Crippen LogP contribution in [0.25, 0.3) is 0 Å². The first-order chi connectivity index (χ1) is 17.6. The van der Waals surface area contributed by atoms with Crippen LogP contribution in [0.4, 0.5) is 52.7 Å². The molecule has 3 nitrogen and oxygen atoms in total. The minimum atomic E-state index is -7.37. The van der Waals surface area contributed by atoms with Gasteiger partial charge in [0.15, 0.2) is 0 Å². The fourth-order valence-electron chi connectivity index (χ4n) is 2.74. The van der Waals surface area contributed by atoms with Gasteiger partial charge < -0.3 is 0 Å². The van der Waals surface area contributed by atoms with Crippen molar-refractivity contribution in [3.63, 3.8) is 0 Å². The Morgan fingerprint density at radius 2 is 0.769 bits per heavy atom. The molecule has 0 atom stereocenters. The van der Waals surface area contributed by atoms with Crippen molar-refractivity contribution in [2.75, 3.05) is 0 Å². The van der Waals surface area contributed by atoms with Gasteiger partial charge in [-0.2, -0.15) is 47.9 Å². The Balaban J connectivity index is 0.000000285. The van der Waals surface area contributed by atoms with Crippen molar-refractivity contribution in [1.29, 1.82) is 0 Å². The van der Waals surface area contributed by atoms with Crippen LogP contribution in [0.3, 0.4) is 0 Å². The van der Waals surface area contributed by atoms with E-state index in [4.69, 9.17) is 4.55 Å². The molecule has 17 heteroatoms. The van der Waals surface area contributed by atoms with Crippen molar-refractivity contribution in [2.45, 2.75) is 23.3 Å². The Hall–Kier alpha value is -2.84. The van der Waals surface area contributed by atoms with Crippen molar-refractivity contribution in [3.05, 3.63) is 90.2 Å². The summed E-state index contributed by atoms with van der Waals surface area (Å²) in [5.74, 6) is -15.6. The lowest BCUT2D eigenvalue weighted by Crippen LogP contribution is -2.63. The number of benzene rings is 3. The van der Waals surface area contributed by atoms with E-state index in [0.717, 1.165) is 15.9 Å². The molecule has 0 fully saturated rings. The van der Waals surface area contributed by atoms with Crippen molar-refractivity contribution in [3.8, 4) is 0 Å². The zero-order valence-corrected chi connectivity index (χ0v) is 20.3. The summed E-state index contributed by atoms with van der Waals surface area (Å²) in [5, 5.41) is -4.22. The molecule has 3 rings (SSSR count). The van der Waals surface area contributed by atoms with Crippen LogP contribution < -0.4 is 15.9 Å². The Morgan fingerprint density at radius 1 is 0.513 bits per heavy atom. The molecule has 3 aromatic rings. The molecule has 0 spiro atoms. The standard InChI is InChI=1S/C18H12F3P.C4HF9O3S/c19-13-1-7-16(8-2-13)22(17-9-3-14(20)4-10-17)18-11-5-15(21)6-12-18;5-1(6,3(9,10)11)2(7,8)4(12,13)17(14,15)16/h1-12H;(H,14,15,16). The third-order valence-electron chi connectivity index (χ3n) is 4.69. The Labute approximate surface area is 213 Å². The van der Waals surface area contributed by atoms with Gasteiger partial charge in [-0.1, -0.05) is 36.4 Å². The molecule has 0 radical (unpaired) electrons. The molecule has 0 aliphatic carbocycles. The molecule has 0 saturated carbocycles. The van der Waals surface area contributed by atoms with E-state index in [1.165, 1.54) is 36.4 Å².